The van der Waals surface area contributed by atoms with E-state index in [4.69, 9.17) is 16.3 Å². The summed E-state index contributed by atoms with van der Waals surface area (Å²) >= 11 is 5.93. The number of hydrogen-bond donors (Lipinski definition) is 1. The minimum atomic E-state index is -0.279. The molecule has 0 amide bonds. The van der Waals surface area contributed by atoms with E-state index in [-0.39, 0.29) is 11.4 Å². The smallest absolute Gasteiger partial charge is 0.129 e. The van der Waals surface area contributed by atoms with Crippen molar-refractivity contribution in [2.45, 2.75) is 32.9 Å². The number of halogens is 2. The van der Waals surface area contributed by atoms with Crippen LogP contribution >= 0.6 is 11.6 Å². The van der Waals surface area contributed by atoms with Crippen LogP contribution < -0.4 is 5.32 Å². The van der Waals surface area contributed by atoms with Crippen molar-refractivity contribution in [2.24, 2.45) is 0 Å². The third-order valence-electron chi connectivity index (χ3n) is 2.45. The fourth-order valence-corrected chi connectivity index (χ4v) is 1.86. The lowest BCUT2D eigenvalue weighted by atomic mass is 10.1. The molecule has 0 bridgehead atoms. The maximum Gasteiger partial charge on any atom is 0.129 e. The Hall–Kier alpha value is -0.640. The van der Waals surface area contributed by atoms with Crippen molar-refractivity contribution in [1.82, 2.24) is 5.32 Å². The Morgan fingerprint density at radius 3 is 2.71 bits per heavy atom. The Labute approximate surface area is 107 Å². The van der Waals surface area contributed by atoms with Gasteiger partial charge in [-0.2, -0.15) is 0 Å². The van der Waals surface area contributed by atoms with Crippen LogP contribution in [0.5, 0.6) is 0 Å². The Bertz CT molecular complexity index is 348. The molecular formula is C13H19ClFNO. The van der Waals surface area contributed by atoms with E-state index in [1.165, 1.54) is 6.07 Å². The fourth-order valence-electron chi connectivity index (χ4n) is 1.63. The zero-order chi connectivity index (χ0) is 12.9. The van der Waals surface area contributed by atoms with Gasteiger partial charge < -0.3 is 10.1 Å². The predicted molar refractivity (Wildman–Crippen MR) is 68.8 cm³/mol. The van der Waals surface area contributed by atoms with Crippen molar-refractivity contribution in [2.75, 3.05) is 13.2 Å². The lowest BCUT2D eigenvalue weighted by Crippen LogP contribution is -2.37. The topological polar surface area (TPSA) is 21.3 Å². The lowest BCUT2D eigenvalue weighted by molar-refractivity contribution is -0.00901. The maximum absolute atomic E-state index is 13.5. The molecule has 0 saturated carbocycles. The quantitative estimate of drug-likeness (QED) is 0.846. The molecule has 0 heterocycles. The minimum Gasteiger partial charge on any atom is -0.375 e. The molecule has 0 saturated heterocycles. The number of hydrogen-bond acceptors (Lipinski definition) is 2. The lowest BCUT2D eigenvalue weighted by Gasteiger charge is -2.25. The highest BCUT2D eigenvalue weighted by Crippen LogP contribution is 2.18. The summed E-state index contributed by atoms with van der Waals surface area (Å²) in [6.07, 6.45) is 0. The molecule has 4 heteroatoms. The molecule has 17 heavy (non-hydrogen) atoms. The second kappa shape index (κ2) is 6.34. The summed E-state index contributed by atoms with van der Waals surface area (Å²) in [7, 11) is 0. The first-order chi connectivity index (χ1) is 7.96. The van der Waals surface area contributed by atoms with E-state index in [1.807, 2.05) is 20.8 Å². The Morgan fingerprint density at radius 2 is 2.12 bits per heavy atom. The molecule has 0 unspecified atom stereocenters. The predicted octanol–water partition coefficient (Wildman–Crippen LogP) is 3.38. The Kier molecular flexibility index (Phi) is 5.37. The zero-order valence-corrected chi connectivity index (χ0v) is 11.3. The number of nitrogens with one attached hydrogen (secondary N) is 1. The van der Waals surface area contributed by atoms with E-state index in [0.29, 0.717) is 30.3 Å². The third kappa shape index (κ3) is 4.62. The second-order valence-corrected chi connectivity index (χ2v) is 4.90. The van der Waals surface area contributed by atoms with E-state index in [0.717, 1.165) is 0 Å². The molecule has 0 fully saturated rings. The zero-order valence-electron chi connectivity index (χ0n) is 10.5. The van der Waals surface area contributed by atoms with Crippen LogP contribution in [0.25, 0.3) is 0 Å². The first-order valence-electron chi connectivity index (χ1n) is 5.74. The van der Waals surface area contributed by atoms with Crippen LogP contribution in [0, 0.1) is 5.82 Å². The Morgan fingerprint density at radius 1 is 1.41 bits per heavy atom. The molecule has 2 nitrogen and oxygen atoms in total. The fraction of sp³-hybridized carbons (Fsp3) is 0.538. The maximum atomic E-state index is 13.5. The summed E-state index contributed by atoms with van der Waals surface area (Å²) in [6, 6.07) is 4.71. The molecule has 1 rings (SSSR count). The summed E-state index contributed by atoms with van der Waals surface area (Å²) in [5.41, 5.74) is 0.244. The molecule has 0 aliphatic rings. The van der Waals surface area contributed by atoms with E-state index in [9.17, 15) is 4.39 Å². The van der Waals surface area contributed by atoms with Gasteiger partial charge >= 0.3 is 0 Å². The van der Waals surface area contributed by atoms with Gasteiger partial charge in [-0.25, -0.2) is 4.39 Å². The number of benzene rings is 1. The molecule has 0 aromatic heterocycles. The second-order valence-electron chi connectivity index (χ2n) is 4.50. The molecular weight excluding hydrogens is 241 g/mol. The molecule has 0 spiro atoms. The Balaban J connectivity index is 2.51. The average Bonchev–Trinajstić information content (AvgIpc) is 2.22. The molecule has 1 aromatic carbocycles. The molecule has 0 aliphatic heterocycles. The van der Waals surface area contributed by atoms with Crippen LogP contribution in [0.2, 0.25) is 5.02 Å². The van der Waals surface area contributed by atoms with Crippen molar-refractivity contribution >= 4 is 11.6 Å². The third-order valence-corrected chi connectivity index (χ3v) is 2.80. The van der Waals surface area contributed by atoms with Gasteiger partial charge in [-0.05, 0) is 32.9 Å². The molecule has 96 valence electrons. The molecule has 0 radical (unpaired) electrons. The van der Waals surface area contributed by atoms with Gasteiger partial charge in [0.2, 0.25) is 0 Å². The molecule has 1 N–H and O–H groups in total. The number of rotatable bonds is 6. The summed E-state index contributed by atoms with van der Waals surface area (Å²) in [5, 5.41) is 3.61. The van der Waals surface area contributed by atoms with Gasteiger partial charge in [-0.15, -0.1) is 0 Å². The van der Waals surface area contributed by atoms with Crippen molar-refractivity contribution in [3.8, 4) is 0 Å². The van der Waals surface area contributed by atoms with E-state index < -0.39 is 0 Å². The van der Waals surface area contributed by atoms with Crippen molar-refractivity contribution < 1.29 is 9.13 Å². The van der Waals surface area contributed by atoms with Crippen LogP contribution in [-0.4, -0.2) is 18.8 Å². The van der Waals surface area contributed by atoms with Crippen molar-refractivity contribution in [1.29, 1.82) is 0 Å². The highest BCUT2D eigenvalue weighted by Gasteiger charge is 2.17. The normalized spacial score (nSPS) is 11.8. The summed E-state index contributed by atoms with van der Waals surface area (Å²) < 4.78 is 19.0. The SMILES string of the molecule is CCOC(C)(C)CNCc1c(F)cccc1Cl. The molecule has 0 aliphatic carbocycles. The van der Waals surface area contributed by atoms with Crippen molar-refractivity contribution in [3.05, 3.63) is 34.6 Å². The number of ether oxygens (including phenoxy) is 1. The summed E-state index contributed by atoms with van der Waals surface area (Å²) in [4.78, 5) is 0. The first-order valence-corrected chi connectivity index (χ1v) is 6.11. The van der Waals surface area contributed by atoms with E-state index in [2.05, 4.69) is 5.32 Å². The van der Waals surface area contributed by atoms with Gasteiger partial charge in [-0.3, -0.25) is 0 Å². The van der Waals surface area contributed by atoms with Crippen LogP contribution in [0.15, 0.2) is 18.2 Å². The minimum absolute atomic E-state index is 0.257. The first kappa shape index (κ1) is 14.4. The standard InChI is InChI=1S/C13H19ClFNO/c1-4-17-13(2,3)9-16-8-10-11(14)6-5-7-12(10)15/h5-7,16H,4,8-9H2,1-3H3. The van der Waals surface area contributed by atoms with Gasteiger partial charge in [0.25, 0.3) is 0 Å². The van der Waals surface area contributed by atoms with Gasteiger partial charge in [0.1, 0.15) is 5.82 Å². The highest BCUT2D eigenvalue weighted by atomic mass is 35.5. The van der Waals surface area contributed by atoms with Gasteiger partial charge in [0.05, 0.1) is 5.60 Å². The highest BCUT2D eigenvalue weighted by molar-refractivity contribution is 6.31. The summed E-state index contributed by atoms with van der Waals surface area (Å²) in [5.74, 6) is -0.279. The van der Waals surface area contributed by atoms with Crippen LogP contribution in [-0.2, 0) is 11.3 Å². The van der Waals surface area contributed by atoms with Crippen LogP contribution in [0.3, 0.4) is 0 Å². The monoisotopic (exact) mass is 259 g/mol. The van der Waals surface area contributed by atoms with Crippen molar-refractivity contribution in [3.63, 3.8) is 0 Å². The summed E-state index contributed by atoms with van der Waals surface area (Å²) in [6.45, 7) is 7.65. The van der Waals surface area contributed by atoms with Gasteiger partial charge in [-0.1, -0.05) is 17.7 Å². The van der Waals surface area contributed by atoms with E-state index in [1.54, 1.807) is 12.1 Å². The average molecular weight is 260 g/mol. The van der Waals surface area contributed by atoms with Crippen LogP contribution in [0.1, 0.15) is 26.3 Å². The van der Waals surface area contributed by atoms with Gasteiger partial charge in [0.15, 0.2) is 0 Å². The van der Waals surface area contributed by atoms with E-state index >= 15 is 0 Å². The largest absolute Gasteiger partial charge is 0.375 e. The van der Waals surface area contributed by atoms with Gasteiger partial charge in [0, 0.05) is 30.3 Å². The van der Waals surface area contributed by atoms with Crippen LogP contribution in [0.4, 0.5) is 4.39 Å². The molecule has 1 aromatic rings. The molecule has 0 atom stereocenters.